The van der Waals surface area contributed by atoms with E-state index in [2.05, 4.69) is 10.3 Å². The van der Waals surface area contributed by atoms with E-state index in [9.17, 15) is 13.2 Å². The zero-order valence-electron chi connectivity index (χ0n) is 18.1. The second kappa shape index (κ2) is 8.40. The number of rotatable bonds is 4. The van der Waals surface area contributed by atoms with E-state index >= 15 is 0 Å². The number of hydrogen-bond donors (Lipinski definition) is 1. The molecule has 162 valence electrons. The van der Waals surface area contributed by atoms with Crippen LogP contribution in [0.4, 0.5) is 5.69 Å². The maximum absolute atomic E-state index is 13.1. The van der Waals surface area contributed by atoms with Crippen molar-refractivity contribution in [3.8, 4) is 0 Å². The van der Waals surface area contributed by atoms with Crippen LogP contribution in [0.25, 0.3) is 10.9 Å². The van der Waals surface area contributed by atoms with Gasteiger partial charge in [-0.2, -0.15) is 4.31 Å². The Hall–Kier alpha value is -2.77. The molecule has 4 rings (SSSR count). The maximum atomic E-state index is 13.1. The van der Waals surface area contributed by atoms with Gasteiger partial charge in [0.25, 0.3) is 0 Å². The van der Waals surface area contributed by atoms with Crippen LogP contribution in [-0.2, 0) is 14.8 Å². The van der Waals surface area contributed by atoms with Gasteiger partial charge in [-0.3, -0.25) is 9.78 Å². The number of nitrogens with one attached hydrogen (secondary N) is 1. The van der Waals surface area contributed by atoms with Crippen LogP contribution < -0.4 is 5.32 Å². The first-order chi connectivity index (χ1) is 14.8. The van der Waals surface area contributed by atoms with Crippen molar-refractivity contribution in [1.82, 2.24) is 9.29 Å². The predicted molar refractivity (Wildman–Crippen MR) is 123 cm³/mol. The molecular formula is C24H27N3O3S. The Balaban J connectivity index is 1.46. The molecule has 1 saturated heterocycles. The molecule has 0 bridgehead atoms. The number of aryl methyl sites for hydroxylation is 3. The first-order valence-electron chi connectivity index (χ1n) is 10.5. The van der Waals surface area contributed by atoms with Crippen LogP contribution in [0.3, 0.4) is 0 Å². The number of amides is 1. The Morgan fingerprint density at radius 3 is 2.48 bits per heavy atom. The van der Waals surface area contributed by atoms with E-state index in [0.29, 0.717) is 30.8 Å². The average Bonchev–Trinajstić information content (AvgIpc) is 2.75. The molecule has 0 spiro atoms. The van der Waals surface area contributed by atoms with E-state index in [1.807, 2.05) is 57.2 Å². The highest BCUT2D eigenvalue weighted by Gasteiger charge is 2.33. The van der Waals surface area contributed by atoms with Gasteiger partial charge < -0.3 is 5.32 Å². The Kier molecular flexibility index (Phi) is 5.81. The number of nitrogens with zero attached hydrogens (tertiary/aromatic N) is 2. The smallest absolute Gasteiger partial charge is 0.243 e. The van der Waals surface area contributed by atoms with Gasteiger partial charge >= 0.3 is 0 Å². The number of hydrogen-bond acceptors (Lipinski definition) is 4. The third-order valence-corrected chi connectivity index (χ3v) is 8.06. The van der Waals surface area contributed by atoms with Gasteiger partial charge in [0, 0.05) is 30.6 Å². The molecule has 1 aliphatic heterocycles. The molecule has 0 aliphatic carbocycles. The Labute approximate surface area is 183 Å². The van der Waals surface area contributed by atoms with Crippen molar-refractivity contribution in [2.75, 3.05) is 18.4 Å². The van der Waals surface area contributed by atoms with Crippen molar-refractivity contribution in [3.05, 3.63) is 65.4 Å². The lowest BCUT2D eigenvalue weighted by Crippen LogP contribution is -2.41. The highest BCUT2D eigenvalue weighted by molar-refractivity contribution is 7.89. The van der Waals surface area contributed by atoms with E-state index in [4.69, 9.17) is 0 Å². The van der Waals surface area contributed by atoms with Crippen molar-refractivity contribution in [1.29, 1.82) is 0 Å². The molecule has 6 nitrogen and oxygen atoms in total. The molecular weight excluding hydrogens is 410 g/mol. The van der Waals surface area contributed by atoms with Crippen LogP contribution in [0.2, 0.25) is 0 Å². The van der Waals surface area contributed by atoms with Gasteiger partial charge in [0.15, 0.2) is 0 Å². The highest BCUT2D eigenvalue weighted by Crippen LogP contribution is 2.29. The number of fused-ring (bicyclic) bond motifs is 1. The summed E-state index contributed by atoms with van der Waals surface area (Å²) in [5, 5.41) is 3.94. The first-order valence-corrected chi connectivity index (χ1v) is 11.9. The van der Waals surface area contributed by atoms with Crippen molar-refractivity contribution >= 4 is 32.5 Å². The summed E-state index contributed by atoms with van der Waals surface area (Å²) >= 11 is 0. The Morgan fingerprint density at radius 1 is 1.03 bits per heavy atom. The van der Waals surface area contributed by atoms with Crippen molar-refractivity contribution in [2.45, 2.75) is 38.5 Å². The zero-order valence-corrected chi connectivity index (χ0v) is 18.9. The summed E-state index contributed by atoms with van der Waals surface area (Å²) in [5.41, 5.74) is 4.45. The Bertz CT molecular complexity index is 1250. The Morgan fingerprint density at radius 2 is 1.77 bits per heavy atom. The number of pyridine rings is 1. The van der Waals surface area contributed by atoms with Crippen LogP contribution in [0.5, 0.6) is 0 Å². The minimum atomic E-state index is -3.56. The van der Waals surface area contributed by atoms with Crippen molar-refractivity contribution in [2.24, 2.45) is 5.92 Å². The summed E-state index contributed by atoms with van der Waals surface area (Å²) < 4.78 is 27.7. The van der Waals surface area contributed by atoms with Gasteiger partial charge in [0.2, 0.25) is 15.9 Å². The summed E-state index contributed by atoms with van der Waals surface area (Å²) in [4.78, 5) is 17.7. The van der Waals surface area contributed by atoms with E-state index in [0.717, 1.165) is 33.3 Å². The molecule has 7 heteroatoms. The molecule has 0 saturated carbocycles. The summed E-state index contributed by atoms with van der Waals surface area (Å²) in [6, 6.07) is 13.0. The molecule has 1 amide bonds. The van der Waals surface area contributed by atoms with Gasteiger partial charge in [0.05, 0.1) is 16.1 Å². The number of anilines is 1. The minimum Gasteiger partial charge on any atom is -0.325 e. The molecule has 3 aromatic rings. The second-order valence-electron chi connectivity index (χ2n) is 8.27. The lowest BCUT2D eigenvalue weighted by Gasteiger charge is -2.31. The predicted octanol–water partition coefficient (Wildman–Crippen LogP) is 4.20. The van der Waals surface area contributed by atoms with E-state index in [1.165, 1.54) is 4.31 Å². The quantitative estimate of drug-likeness (QED) is 0.663. The van der Waals surface area contributed by atoms with Gasteiger partial charge in [0.1, 0.15) is 0 Å². The summed E-state index contributed by atoms with van der Waals surface area (Å²) in [6.45, 7) is 6.43. The highest BCUT2D eigenvalue weighted by atomic mass is 32.2. The third-order valence-electron chi connectivity index (χ3n) is 6.00. The number of carbonyl (C=O) groups excluding carboxylic acids is 1. The molecule has 2 heterocycles. The summed E-state index contributed by atoms with van der Waals surface area (Å²) in [5.74, 6) is -0.295. The van der Waals surface area contributed by atoms with Crippen LogP contribution in [0.15, 0.2) is 53.6 Å². The standard InChI is InChI=1S/C24H27N3O3S/c1-16-6-9-22(18(3)15-16)31(29,30)27-13-10-19(11-14-27)24(28)26-21-8-7-17(2)23-20(21)5-4-12-25-23/h4-9,12,15,19H,10-11,13-14H2,1-3H3,(H,26,28). The lowest BCUT2D eigenvalue weighted by atomic mass is 9.97. The van der Waals surface area contributed by atoms with E-state index in [-0.39, 0.29) is 11.8 Å². The fraction of sp³-hybridized carbons (Fsp3) is 0.333. The largest absolute Gasteiger partial charge is 0.325 e. The molecule has 1 fully saturated rings. The van der Waals surface area contributed by atoms with Gasteiger partial charge in [-0.15, -0.1) is 0 Å². The second-order valence-corrected chi connectivity index (χ2v) is 10.2. The molecule has 0 radical (unpaired) electrons. The topological polar surface area (TPSA) is 79.4 Å². The minimum absolute atomic E-state index is 0.0717. The molecule has 31 heavy (non-hydrogen) atoms. The lowest BCUT2D eigenvalue weighted by molar-refractivity contribution is -0.120. The number of benzene rings is 2. The van der Waals surface area contributed by atoms with Gasteiger partial charge in [-0.05, 0) is 69.0 Å². The zero-order chi connectivity index (χ0) is 22.2. The average molecular weight is 438 g/mol. The number of sulfonamides is 1. The summed E-state index contributed by atoms with van der Waals surface area (Å²) in [6.07, 6.45) is 2.74. The van der Waals surface area contributed by atoms with Gasteiger partial charge in [-0.25, -0.2) is 8.42 Å². The summed E-state index contributed by atoms with van der Waals surface area (Å²) in [7, 11) is -3.56. The monoisotopic (exact) mass is 437 g/mol. The van der Waals surface area contributed by atoms with Crippen molar-refractivity contribution < 1.29 is 13.2 Å². The van der Waals surface area contributed by atoms with E-state index < -0.39 is 10.0 Å². The molecule has 0 unspecified atom stereocenters. The van der Waals surface area contributed by atoms with Crippen LogP contribution in [0.1, 0.15) is 29.5 Å². The third kappa shape index (κ3) is 4.20. The molecule has 2 aromatic carbocycles. The van der Waals surface area contributed by atoms with Crippen LogP contribution >= 0.6 is 0 Å². The first kappa shape index (κ1) is 21.5. The number of aromatic nitrogens is 1. The fourth-order valence-electron chi connectivity index (χ4n) is 4.24. The van der Waals surface area contributed by atoms with Crippen molar-refractivity contribution in [3.63, 3.8) is 0 Å². The van der Waals surface area contributed by atoms with Crippen LogP contribution in [0, 0.1) is 26.7 Å². The molecule has 1 N–H and O–H groups in total. The van der Waals surface area contributed by atoms with Crippen LogP contribution in [-0.4, -0.2) is 36.7 Å². The maximum Gasteiger partial charge on any atom is 0.243 e. The SMILES string of the molecule is Cc1ccc(S(=O)(=O)N2CCC(C(=O)Nc3ccc(C)c4ncccc34)CC2)c(C)c1. The molecule has 0 atom stereocenters. The van der Waals surface area contributed by atoms with Gasteiger partial charge in [-0.1, -0.05) is 23.8 Å². The normalized spacial score (nSPS) is 15.8. The molecule has 1 aromatic heterocycles. The molecule has 1 aliphatic rings. The number of carbonyl (C=O) groups is 1. The van der Waals surface area contributed by atoms with E-state index in [1.54, 1.807) is 12.3 Å². The number of piperidine rings is 1. The fourth-order valence-corrected chi connectivity index (χ4v) is 5.92.